The first-order valence-corrected chi connectivity index (χ1v) is 9.28. The van der Waals surface area contributed by atoms with E-state index in [-0.39, 0.29) is 18.4 Å². The van der Waals surface area contributed by atoms with Crippen molar-refractivity contribution in [1.29, 1.82) is 0 Å². The summed E-state index contributed by atoms with van der Waals surface area (Å²) in [5.74, 6) is 0.365. The molecule has 0 aliphatic carbocycles. The van der Waals surface area contributed by atoms with Crippen LogP contribution in [0.2, 0.25) is 0 Å². The van der Waals surface area contributed by atoms with E-state index < -0.39 is 0 Å². The molecule has 5 heteroatoms. The number of carbonyl (C=O) groups is 2. The summed E-state index contributed by atoms with van der Waals surface area (Å²) in [4.78, 5) is 25.6. The van der Waals surface area contributed by atoms with Gasteiger partial charge >= 0.3 is 0 Å². The quantitative estimate of drug-likeness (QED) is 0.744. The highest BCUT2D eigenvalue weighted by Gasteiger charge is 2.09. The number of anilines is 2. The summed E-state index contributed by atoms with van der Waals surface area (Å²) in [6.45, 7) is 4.40. The molecule has 0 bridgehead atoms. The van der Waals surface area contributed by atoms with Gasteiger partial charge in [0.25, 0.3) is 0 Å². The molecule has 0 saturated heterocycles. The molecular formula is C22H29N3O2. The Labute approximate surface area is 161 Å². The molecule has 2 rings (SSSR count). The van der Waals surface area contributed by atoms with Gasteiger partial charge in [-0.25, -0.2) is 0 Å². The summed E-state index contributed by atoms with van der Waals surface area (Å²) in [5.41, 5.74) is 3.92. The van der Waals surface area contributed by atoms with Crippen LogP contribution in [-0.2, 0) is 16.0 Å². The van der Waals surface area contributed by atoms with Crippen LogP contribution in [0.4, 0.5) is 11.4 Å². The highest BCUT2D eigenvalue weighted by Crippen LogP contribution is 2.23. The van der Waals surface area contributed by atoms with Crippen molar-refractivity contribution in [2.45, 2.75) is 32.6 Å². The number of hydrogen-bond acceptors (Lipinski definition) is 3. The molecule has 0 spiro atoms. The standard InChI is InChI=1S/C22H29N3O2/c1-16(2)19-10-5-6-11-20(19)24-21(26)15-23-18-9-7-8-17(14-18)12-13-22(27)25(3)4/h5-11,14,16,23H,12-13,15H2,1-4H3,(H,24,26). The zero-order chi connectivity index (χ0) is 19.8. The van der Waals surface area contributed by atoms with Gasteiger partial charge in [0.05, 0.1) is 6.54 Å². The van der Waals surface area contributed by atoms with Gasteiger partial charge in [-0.05, 0) is 41.7 Å². The van der Waals surface area contributed by atoms with Gasteiger partial charge in [0.2, 0.25) is 11.8 Å². The Bertz CT molecular complexity index is 785. The third-order valence-electron chi connectivity index (χ3n) is 4.36. The van der Waals surface area contributed by atoms with E-state index in [1.807, 2.05) is 48.5 Å². The number of hydrogen-bond donors (Lipinski definition) is 2. The van der Waals surface area contributed by atoms with E-state index in [1.165, 1.54) is 0 Å². The summed E-state index contributed by atoms with van der Waals surface area (Å²) >= 11 is 0. The minimum absolute atomic E-state index is 0.0868. The molecular weight excluding hydrogens is 338 g/mol. The Morgan fingerprint density at radius 1 is 1.04 bits per heavy atom. The van der Waals surface area contributed by atoms with E-state index in [1.54, 1.807) is 19.0 Å². The first-order chi connectivity index (χ1) is 12.9. The average molecular weight is 367 g/mol. The number of benzene rings is 2. The number of nitrogens with one attached hydrogen (secondary N) is 2. The second-order valence-corrected chi connectivity index (χ2v) is 7.13. The van der Waals surface area contributed by atoms with Crippen LogP contribution in [0, 0.1) is 0 Å². The van der Waals surface area contributed by atoms with Gasteiger partial charge in [0, 0.05) is 31.9 Å². The van der Waals surface area contributed by atoms with Crippen molar-refractivity contribution in [3.05, 3.63) is 59.7 Å². The predicted molar refractivity (Wildman–Crippen MR) is 111 cm³/mol. The van der Waals surface area contributed by atoms with Crippen LogP contribution < -0.4 is 10.6 Å². The van der Waals surface area contributed by atoms with Gasteiger partial charge in [-0.1, -0.05) is 44.2 Å². The molecule has 0 radical (unpaired) electrons. The summed E-state index contributed by atoms with van der Waals surface area (Å²) in [6, 6.07) is 15.7. The Hall–Kier alpha value is -2.82. The van der Waals surface area contributed by atoms with Crippen molar-refractivity contribution in [2.24, 2.45) is 0 Å². The van der Waals surface area contributed by atoms with Gasteiger partial charge in [-0.2, -0.15) is 0 Å². The number of para-hydroxylation sites is 1. The van der Waals surface area contributed by atoms with E-state index in [4.69, 9.17) is 0 Å². The second kappa shape index (κ2) is 9.76. The van der Waals surface area contributed by atoms with E-state index in [9.17, 15) is 9.59 Å². The Kier molecular flexibility index (Phi) is 7.41. The SMILES string of the molecule is CC(C)c1ccccc1NC(=O)CNc1cccc(CCC(=O)N(C)C)c1. The van der Waals surface area contributed by atoms with Gasteiger partial charge in [0.1, 0.15) is 0 Å². The Morgan fingerprint density at radius 2 is 1.78 bits per heavy atom. The molecule has 0 aliphatic rings. The predicted octanol–water partition coefficient (Wildman–Crippen LogP) is 3.88. The number of aryl methyl sites for hydroxylation is 1. The van der Waals surface area contributed by atoms with Crippen LogP contribution in [0.5, 0.6) is 0 Å². The smallest absolute Gasteiger partial charge is 0.243 e. The molecule has 0 aliphatic heterocycles. The van der Waals surface area contributed by atoms with E-state index >= 15 is 0 Å². The lowest BCUT2D eigenvalue weighted by molar-refractivity contribution is -0.128. The number of carbonyl (C=O) groups excluding carboxylic acids is 2. The highest BCUT2D eigenvalue weighted by molar-refractivity contribution is 5.94. The van der Waals surface area contributed by atoms with Crippen molar-refractivity contribution in [3.63, 3.8) is 0 Å². The molecule has 2 aromatic rings. The molecule has 27 heavy (non-hydrogen) atoms. The number of amides is 2. The molecule has 0 saturated carbocycles. The summed E-state index contributed by atoms with van der Waals surface area (Å²) in [6.07, 6.45) is 1.16. The molecule has 0 fully saturated rings. The molecule has 2 amide bonds. The molecule has 0 heterocycles. The maximum Gasteiger partial charge on any atom is 0.243 e. The van der Waals surface area contributed by atoms with Crippen LogP contribution in [0.15, 0.2) is 48.5 Å². The fraction of sp³-hybridized carbons (Fsp3) is 0.364. The zero-order valence-corrected chi connectivity index (χ0v) is 16.6. The lowest BCUT2D eigenvalue weighted by atomic mass is 10.0. The average Bonchev–Trinajstić information content (AvgIpc) is 2.65. The first-order valence-electron chi connectivity index (χ1n) is 9.28. The highest BCUT2D eigenvalue weighted by atomic mass is 16.2. The fourth-order valence-electron chi connectivity index (χ4n) is 2.80. The number of rotatable bonds is 8. The van der Waals surface area contributed by atoms with Gasteiger partial charge < -0.3 is 15.5 Å². The summed E-state index contributed by atoms with van der Waals surface area (Å²) in [7, 11) is 3.52. The summed E-state index contributed by atoms with van der Waals surface area (Å²) < 4.78 is 0. The van der Waals surface area contributed by atoms with Crippen molar-refractivity contribution in [2.75, 3.05) is 31.3 Å². The third kappa shape index (κ3) is 6.44. The molecule has 2 aromatic carbocycles. The Morgan fingerprint density at radius 3 is 2.48 bits per heavy atom. The third-order valence-corrected chi connectivity index (χ3v) is 4.36. The second-order valence-electron chi connectivity index (χ2n) is 7.13. The minimum atomic E-state index is -0.0868. The largest absolute Gasteiger partial charge is 0.376 e. The van der Waals surface area contributed by atoms with Crippen LogP contribution in [-0.4, -0.2) is 37.4 Å². The first kappa shape index (κ1) is 20.5. The van der Waals surface area contributed by atoms with Crippen molar-refractivity contribution in [3.8, 4) is 0 Å². The molecule has 0 unspecified atom stereocenters. The van der Waals surface area contributed by atoms with Crippen LogP contribution >= 0.6 is 0 Å². The maximum absolute atomic E-state index is 12.3. The van der Waals surface area contributed by atoms with Crippen LogP contribution in [0.25, 0.3) is 0 Å². The van der Waals surface area contributed by atoms with E-state index in [0.717, 1.165) is 22.5 Å². The maximum atomic E-state index is 12.3. The Balaban J connectivity index is 1.90. The van der Waals surface area contributed by atoms with Gasteiger partial charge in [-0.3, -0.25) is 9.59 Å². The topological polar surface area (TPSA) is 61.4 Å². The van der Waals surface area contributed by atoms with E-state index in [2.05, 4.69) is 24.5 Å². The van der Waals surface area contributed by atoms with Crippen molar-refractivity contribution >= 4 is 23.2 Å². The normalized spacial score (nSPS) is 10.6. The molecule has 144 valence electrons. The lowest BCUT2D eigenvalue weighted by Crippen LogP contribution is -2.22. The molecule has 2 N–H and O–H groups in total. The van der Waals surface area contributed by atoms with Gasteiger partial charge in [-0.15, -0.1) is 0 Å². The van der Waals surface area contributed by atoms with Gasteiger partial charge in [0.15, 0.2) is 0 Å². The zero-order valence-electron chi connectivity index (χ0n) is 16.6. The van der Waals surface area contributed by atoms with Crippen LogP contribution in [0.1, 0.15) is 37.3 Å². The monoisotopic (exact) mass is 367 g/mol. The van der Waals surface area contributed by atoms with E-state index in [0.29, 0.717) is 18.8 Å². The van der Waals surface area contributed by atoms with Crippen LogP contribution in [0.3, 0.4) is 0 Å². The fourth-order valence-corrected chi connectivity index (χ4v) is 2.80. The van der Waals surface area contributed by atoms with Crippen molar-refractivity contribution in [1.82, 2.24) is 4.90 Å². The lowest BCUT2D eigenvalue weighted by Gasteiger charge is -2.14. The summed E-state index contributed by atoms with van der Waals surface area (Å²) in [5, 5.41) is 6.13. The molecule has 0 atom stereocenters. The van der Waals surface area contributed by atoms with Crippen molar-refractivity contribution < 1.29 is 9.59 Å². The molecule has 0 aromatic heterocycles. The molecule has 5 nitrogen and oxygen atoms in total. The number of nitrogens with zero attached hydrogens (tertiary/aromatic N) is 1. The minimum Gasteiger partial charge on any atom is -0.376 e.